The van der Waals surface area contributed by atoms with Crippen molar-refractivity contribution in [3.8, 4) is 0 Å². The Labute approximate surface area is 151 Å². The quantitative estimate of drug-likeness (QED) is 0.843. The topological polar surface area (TPSA) is 89.6 Å². The Balaban J connectivity index is 1.56. The molecule has 2 fully saturated rings. The van der Waals surface area contributed by atoms with Gasteiger partial charge in [0, 0.05) is 32.8 Å². The van der Waals surface area contributed by atoms with Crippen molar-refractivity contribution in [2.75, 3.05) is 7.11 Å². The zero-order valence-corrected chi connectivity index (χ0v) is 14.8. The van der Waals surface area contributed by atoms with Crippen molar-refractivity contribution in [2.45, 2.75) is 44.0 Å². The minimum absolute atomic E-state index is 0.0727. The van der Waals surface area contributed by atoms with Gasteiger partial charge in [0.2, 0.25) is 5.91 Å². The van der Waals surface area contributed by atoms with E-state index in [2.05, 4.69) is 10.4 Å². The third kappa shape index (κ3) is 3.01. The van der Waals surface area contributed by atoms with Crippen LogP contribution in [0, 0.1) is 0 Å². The summed E-state index contributed by atoms with van der Waals surface area (Å²) in [5.41, 5.74) is 0.924. The molecule has 0 spiro atoms. The van der Waals surface area contributed by atoms with Gasteiger partial charge in [0.1, 0.15) is 12.4 Å². The summed E-state index contributed by atoms with van der Waals surface area (Å²) in [5.74, 6) is 0.555. The summed E-state index contributed by atoms with van der Waals surface area (Å²) in [6.45, 7) is 0.308. The van der Waals surface area contributed by atoms with E-state index in [1.165, 1.54) is 0 Å². The molecule has 1 saturated heterocycles. The number of likely N-dealkylation sites (tertiary alicyclic amines) is 1. The zero-order valence-electron chi connectivity index (χ0n) is 14.8. The molecule has 0 unspecified atom stereocenters. The molecule has 3 heterocycles. The number of nitrogens with one attached hydrogen (secondary N) is 1. The Morgan fingerprint density at radius 3 is 2.85 bits per heavy atom. The molecule has 2 aromatic heterocycles. The summed E-state index contributed by atoms with van der Waals surface area (Å²) in [4.78, 5) is 27.1. The second kappa shape index (κ2) is 6.60. The summed E-state index contributed by atoms with van der Waals surface area (Å²) in [6.07, 6.45) is 4.02. The fourth-order valence-electron chi connectivity index (χ4n) is 3.65. The van der Waals surface area contributed by atoms with Crippen molar-refractivity contribution in [3.63, 3.8) is 0 Å². The standard InChI is InChI=1S/C18H22N4O4/c1-21-14(7-8-19-21)17-13(9-16(23)22(17)11-3-4-11)20-18(24)15-6-5-12(26-15)10-25-2/h5-8,11,13,17H,3-4,9-10H2,1-2H3,(H,20,24)/t13-,17-/m1/s1. The van der Waals surface area contributed by atoms with Crippen LogP contribution in [0.25, 0.3) is 0 Å². The lowest BCUT2D eigenvalue weighted by Crippen LogP contribution is -2.41. The molecule has 4 rings (SSSR count). The highest BCUT2D eigenvalue weighted by atomic mass is 16.5. The van der Waals surface area contributed by atoms with E-state index < -0.39 is 0 Å². The number of nitrogens with zero attached hydrogens (tertiary/aromatic N) is 3. The maximum Gasteiger partial charge on any atom is 0.287 e. The van der Waals surface area contributed by atoms with Crippen LogP contribution in [0.15, 0.2) is 28.8 Å². The average molecular weight is 358 g/mol. The minimum atomic E-state index is -0.324. The molecular formula is C18H22N4O4. The molecule has 1 aliphatic heterocycles. The van der Waals surface area contributed by atoms with Gasteiger partial charge in [-0.25, -0.2) is 0 Å². The molecule has 2 aromatic rings. The lowest BCUT2D eigenvalue weighted by atomic mass is 10.1. The minimum Gasteiger partial charge on any atom is -0.453 e. The third-order valence-corrected chi connectivity index (χ3v) is 4.95. The van der Waals surface area contributed by atoms with Gasteiger partial charge in [0.05, 0.1) is 17.8 Å². The number of aromatic nitrogens is 2. The first-order valence-corrected chi connectivity index (χ1v) is 8.76. The lowest BCUT2D eigenvalue weighted by Gasteiger charge is -2.28. The molecule has 26 heavy (non-hydrogen) atoms. The normalized spacial score (nSPS) is 22.8. The SMILES string of the molecule is COCc1ccc(C(=O)N[C@@H]2CC(=O)N(C3CC3)[C@H]2c2ccnn2C)o1. The van der Waals surface area contributed by atoms with E-state index in [-0.39, 0.29) is 42.1 Å². The highest BCUT2D eigenvalue weighted by Gasteiger charge is 2.48. The molecule has 2 atom stereocenters. The van der Waals surface area contributed by atoms with Crippen LogP contribution in [0.4, 0.5) is 0 Å². The van der Waals surface area contributed by atoms with Crippen molar-refractivity contribution >= 4 is 11.8 Å². The average Bonchev–Trinajstić information content (AvgIpc) is 3.02. The van der Waals surface area contributed by atoms with E-state index >= 15 is 0 Å². The first kappa shape index (κ1) is 16.8. The maximum atomic E-state index is 12.6. The maximum absolute atomic E-state index is 12.6. The number of ether oxygens (including phenoxy) is 1. The fraction of sp³-hybridized carbons (Fsp3) is 0.500. The Bertz CT molecular complexity index is 823. The van der Waals surface area contributed by atoms with Crippen molar-refractivity contribution in [1.82, 2.24) is 20.0 Å². The van der Waals surface area contributed by atoms with E-state index in [1.54, 1.807) is 30.1 Å². The van der Waals surface area contributed by atoms with Crippen molar-refractivity contribution < 1.29 is 18.7 Å². The fourth-order valence-corrected chi connectivity index (χ4v) is 3.65. The summed E-state index contributed by atoms with van der Waals surface area (Å²) >= 11 is 0. The molecule has 0 radical (unpaired) electrons. The second-order valence-electron chi connectivity index (χ2n) is 6.84. The van der Waals surface area contributed by atoms with Crippen LogP contribution < -0.4 is 5.32 Å². The molecule has 0 aromatic carbocycles. The zero-order chi connectivity index (χ0) is 18.3. The van der Waals surface area contributed by atoms with Gasteiger partial charge >= 0.3 is 0 Å². The van der Waals surface area contributed by atoms with Gasteiger partial charge in [0.15, 0.2) is 5.76 Å². The summed E-state index contributed by atoms with van der Waals surface area (Å²) in [5, 5.41) is 7.21. The predicted octanol–water partition coefficient (Wildman–Crippen LogP) is 1.39. The van der Waals surface area contributed by atoms with Crippen LogP contribution in [0.1, 0.15) is 47.3 Å². The van der Waals surface area contributed by atoms with Gasteiger partial charge < -0.3 is 19.4 Å². The van der Waals surface area contributed by atoms with Gasteiger partial charge in [-0.15, -0.1) is 0 Å². The van der Waals surface area contributed by atoms with Crippen LogP contribution in [-0.4, -0.2) is 45.7 Å². The molecule has 1 N–H and O–H groups in total. The number of rotatable bonds is 6. The predicted molar refractivity (Wildman–Crippen MR) is 91.1 cm³/mol. The first-order chi connectivity index (χ1) is 12.6. The van der Waals surface area contributed by atoms with Gasteiger partial charge in [0.25, 0.3) is 5.91 Å². The first-order valence-electron chi connectivity index (χ1n) is 8.76. The highest BCUT2D eigenvalue weighted by Crippen LogP contribution is 2.41. The smallest absolute Gasteiger partial charge is 0.287 e. The molecular weight excluding hydrogens is 336 g/mol. The van der Waals surface area contributed by atoms with Crippen molar-refractivity contribution in [3.05, 3.63) is 41.6 Å². The lowest BCUT2D eigenvalue weighted by molar-refractivity contribution is -0.129. The van der Waals surface area contributed by atoms with Gasteiger partial charge in [-0.1, -0.05) is 0 Å². The number of hydrogen-bond donors (Lipinski definition) is 1. The summed E-state index contributed by atoms with van der Waals surface area (Å²) < 4.78 is 12.3. The summed E-state index contributed by atoms with van der Waals surface area (Å²) in [6, 6.07) is 4.98. The van der Waals surface area contributed by atoms with E-state index in [9.17, 15) is 9.59 Å². The summed E-state index contributed by atoms with van der Waals surface area (Å²) in [7, 11) is 3.42. The number of aryl methyl sites for hydroxylation is 1. The van der Waals surface area contributed by atoms with Crippen LogP contribution in [-0.2, 0) is 23.2 Å². The molecule has 2 amide bonds. The van der Waals surface area contributed by atoms with Gasteiger partial charge in [-0.3, -0.25) is 14.3 Å². The monoisotopic (exact) mass is 358 g/mol. The molecule has 138 valence electrons. The molecule has 1 aliphatic carbocycles. The van der Waals surface area contributed by atoms with Crippen LogP contribution in [0.2, 0.25) is 0 Å². The number of amides is 2. The Hall–Kier alpha value is -2.61. The molecule has 8 heteroatoms. The number of hydrogen-bond acceptors (Lipinski definition) is 5. The number of furan rings is 1. The third-order valence-electron chi connectivity index (χ3n) is 4.95. The highest BCUT2D eigenvalue weighted by molar-refractivity contribution is 5.92. The Morgan fingerprint density at radius 2 is 2.19 bits per heavy atom. The number of carbonyl (C=O) groups is 2. The molecule has 0 bridgehead atoms. The molecule has 8 nitrogen and oxygen atoms in total. The second-order valence-corrected chi connectivity index (χ2v) is 6.84. The van der Waals surface area contributed by atoms with Crippen molar-refractivity contribution in [2.24, 2.45) is 7.05 Å². The van der Waals surface area contributed by atoms with Gasteiger partial charge in [-0.05, 0) is 31.0 Å². The van der Waals surface area contributed by atoms with Gasteiger partial charge in [-0.2, -0.15) is 5.10 Å². The van der Waals surface area contributed by atoms with Crippen LogP contribution >= 0.6 is 0 Å². The number of methoxy groups -OCH3 is 1. The molecule has 1 saturated carbocycles. The molecule has 2 aliphatic rings. The van der Waals surface area contributed by atoms with E-state index in [1.807, 2.05) is 18.0 Å². The van der Waals surface area contributed by atoms with Crippen LogP contribution in [0.3, 0.4) is 0 Å². The largest absolute Gasteiger partial charge is 0.453 e. The number of carbonyl (C=O) groups excluding carboxylic acids is 2. The van der Waals surface area contributed by atoms with E-state index in [0.29, 0.717) is 12.4 Å². The Kier molecular flexibility index (Phi) is 4.28. The van der Waals surface area contributed by atoms with E-state index in [4.69, 9.17) is 9.15 Å². The Morgan fingerprint density at radius 1 is 1.38 bits per heavy atom. The van der Waals surface area contributed by atoms with Crippen LogP contribution in [0.5, 0.6) is 0 Å². The van der Waals surface area contributed by atoms with E-state index in [0.717, 1.165) is 18.5 Å². The van der Waals surface area contributed by atoms with Crippen molar-refractivity contribution in [1.29, 1.82) is 0 Å².